The molecule has 0 aromatic rings. The molecule has 418 valence electrons. The molecule has 0 aliphatic carbocycles. The summed E-state index contributed by atoms with van der Waals surface area (Å²) in [7, 11) is 0. The molecule has 0 fully saturated rings. The molecule has 0 aromatic carbocycles. The second-order valence-electron chi connectivity index (χ2n) is 19.5. The van der Waals surface area contributed by atoms with Crippen LogP contribution in [0.3, 0.4) is 0 Å². The molecule has 0 rings (SSSR count). The third-order valence-corrected chi connectivity index (χ3v) is 12.4. The molecule has 6 nitrogen and oxygen atoms in total. The van der Waals surface area contributed by atoms with Crippen LogP contribution in [0.15, 0.2) is 134 Å². The first-order valence-corrected chi connectivity index (χ1v) is 30.2. The number of carbonyl (C=O) groups is 3. The predicted molar refractivity (Wildman–Crippen MR) is 320 cm³/mol. The minimum atomic E-state index is -0.803. The van der Waals surface area contributed by atoms with E-state index in [1.54, 1.807) is 0 Å². The van der Waals surface area contributed by atoms with Gasteiger partial charge >= 0.3 is 17.9 Å². The Morgan fingerprint density at radius 2 is 0.527 bits per heavy atom. The highest BCUT2D eigenvalue weighted by atomic mass is 16.6. The highest BCUT2D eigenvalue weighted by Crippen LogP contribution is 2.14. The average Bonchev–Trinajstić information content (AvgIpc) is 3.40. The molecule has 0 heterocycles. The molecular weight excluding hydrogens is 913 g/mol. The Hall–Kier alpha value is -4.45. The monoisotopic (exact) mass is 1020 g/mol. The molecule has 6 heteroatoms. The van der Waals surface area contributed by atoms with Crippen LogP contribution in [0, 0.1) is 0 Å². The fourth-order valence-electron chi connectivity index (χ4n) is 7.90. The fourth-order valence-corrected chi connectivity index (χ4v) is 7.90. The molecule has 0 saturated heterocycles. The Balaban J connectivity index is 4.26. The van der Waals surface area contributed by atoms with Crippen LogP contribution in [0.1, 0.15) is 258 Å². The van der Waals surface area contributed by atoms with Gasteiger partial charge < -0.3 is 14.2 Å². The summed E-state index contributed by atoms with van der Waals surface area (Å²) in [4.78, 5) is 38.1. The van der Waals surface area contributed by atoms with Crippen molar-refractivity contribution in [2.45, 2.75) is 264 Å². The maximum absolute atomic E-state index is 12.8. The van der Waals surface area contributed by atoms with Crippen molar-refractivity contribution < 1.29 is 28.6 Å². The Labute approximate surface area is 455 Å². The summed E-state index contributed by atoms with van der Waals surface area (Å²) < 4.78 is 16.8. The van der Waals surface area contributed by atoms with E-state index in [0.717, 1.165) is 148 Å². The lowest BCUT2D eigenvalue weighted by molar-refractivity contribution is -0.167. The van der Waals surface area contributed by atoms with Gasteiger partial charge in [0.15, 0.2) is 6.10 Å². The Bertz CT molecular complexity index is 1600. The van der Waals surface area contributed by atoms with Crippen LogP contribution in [0.25, 0.3) is 0 Å². The molecule has 74 heavy (non-hydrogen) atoms. The number of hydrogen-bond donors (Lipinski definition) is 0. The summed E-state index contributed by atoms with van der Waals surface area (Å²) in [6.45, 7) is 6.34. The average molecular weight is 1020 g/mol. The molecule has 0 amide bonds. The first kappa shape index (κ1) is 69.5. The van der Waals surface area contributed by atoms with Gasteiger partial charge in [-0.1, -0.05) is 238 Å². The van der Waals surface area contributed by atoms with E-state index in [4.69, 9.17) is 14.2 Å². The summed E-state index contributed by atoms with van der Waals surface area (Å²) in [6.07, 6.45) is 86.0. The summed E-state index contributed by atoms with van der Waals surface area (Å²) in [5, 5.41) is 0. The number of unbranched alkanes of at least 4 members (excludes halogenated alkanes) is 20. The molecule has 0 aliphatic rings. The van der Waals surface area contributed by atoms with E-state index in [2.05, 4.69) is 154 Å². The summed E-state index contributed by atoms with van der Waals surface area (Å²) in [5.41, 5.74) is 0. The van der Waals surface area contributed by atoms with Crippen molar-refractivity contribution in [3.63, 3.8) is 0 Å². The minimum Gasteiger partial charge on any atom is -0.462 e. The Morgan fingerprint density at radius 3 is 0.851 bits per heavy atom. The number of rotatable bonds is 53. The van der Waals surface area contributed by atoms with Gasteiger partial charge in [-0.05, 0) is 135 Å². The van der Waals surface area contributed by atoms with Gasteiger partial charge in [0.05, 0.1) is 0 Å². The van der Waals surface area contributed by atoms with E-state index in [1.165, 1.54) is 70.6 Å². The van der Waals surface area contributed by atoms with E-state index in [9.17, 15) is 14.4 Å². The van der Waals surface area contributed by atoms with Crippen LogP contribution in [0.4, 0.5) is 0 Å². The largest absolute Gasteiger partial charge is 0.462 e. The summed E-state index contributed by atoms with van der Waals surface area (Å²) in [5.74, 6) is -0.947. The van der Waals surface area contributed by atoms with Gasteiger partial charge in [0.2, 0.25) is 0 Å². The number of ether oxygens (including phenoxy) is 3. The van der Waals surface area contributed by atoms with Crippen LogP contribution in [0.5, 0.6) is 0 Å². The van der Waals surface area contributed by atoms with Crippen LogP contribution in [-0.2, 0) is 28.6 Å². The Kier molecular flexibility index (Phi) is 57.4. The standard InChI is InChI=1S/C68H110O6/c1-4-7-10-13-16-19-22-25-26-27-28-29-30-31-32-33-34-35-36-37-38-39-40-41-42-44-46-49-52-55-58-61-67(70)73-64-65(63-72-66(69)60-57-54-51-48-45-24-21-18-15-12-9-6-3)74-68(71)62-59-56-53-50-47-43-23-20-17-14-11-8-5-2/h7-8,10-11,16-21,25-26,28-29,31-32,34-35,37-38,43,47,65H,4-6,9,12-15,22-24,27,30,33,36,39-42,44-46,48-64H2,1-3H3/b10-7-,11-8-,19-16-,20-17-,21-18-,26-25-,29-28-,32-31-,35-34-,38-37-,47-43-. The van der Waals surface area contributed by atoms with Crippen molar-refractivity contribution in [2.24, 2.45) is 0 Å². The summed E-state index contributed by atoms with van der Waals surface area (Å²) >= 11 is 0. The van der Waals surface area contributed by atoms with E-state index in [1.807, 2.05) is 0 Å². The van der Waals surface area contributed by atoms with Crippen molar-refractivity contribution in [3.8, 4) is 0 Å². The molecule has 0 saturated carbocycles. The first-order valence-electron chi connectivity index (χ1n) is 30.2. The van der Waals surface area contributed by atoms with Crippen molar-refractivity contribution in [3.05, 3.63) is 134 Å². The molecule has 0 radical (unpaired) electrons. The van der Waals surface area contributed by atoms with Gasteiger partial charge in [-0.25, -0.2) is 0 Å². The maximum atomic E-state index is 12.8. The van der Waals surface area contributed by atoms with Gasteiger partial charge in [-0.15, -0.1) is 0 Å². The molecule has 1 unspecified atom stereocenters. The molecule has 0 aliphatic heterocycles. The van der Waals surface area contributed by atoms with Crippen LogP contribution in [-0.4, -0.2) is 37.2 Å². The quantitative estimate of drug-likeness (QED) is 0.0261. The maximum Gasteiger partial charge on any atom is 0.306 e. The van der Waals surface area contributed by atoms with Crippen LogP contribution in [0.2, 0.25) is 0 Å². The lowest BCUT2D eigenvalue weighted by atomic mass is 10.1. The molecular formula is C68H110O6. The molecule has 0 aromatic heterocycles. The van der Waals surface area contributed by atoms with Crippen LogP contribution < -0.4 is 0 Å². The van der Waals surface area contributed by atoms with Gasteiger partial charge in [0.1, 0.15) is 13.2 Å². The van der Waals surface area contributed by atoms with E-state index < -0.39 is 6.10 Å². The zero-order valence-corrected chi connectivity index (χ0v) is 47.8. The number of allylic oxidation sites excluding steroid dienone is 22. The van der Waals surface area contributed by atoms with Gasteiger partial charge in [-0.3, -0.25) is 14.4 Å². The van der Waals surface area contributed by atoms with Gasteiger partial charge in [0.25, 0.3) is 0 Å². The fraction of sp³-hybridized carbons (Fsp3) is 0.632. The number of hydrogen-bond acceptors (Lipinski definition) is 6. The highest BCUT2D eigenvalue weighted by molar-refractivity contribution is 5.71. The lowest BCUT2D eigenvalue weighted by Gasteiger charge is -2.18. The van der Waals surface area contributed by atoms with E-state index >= 15 is 0 Å². The van der Waals surface area contributed by atoms with Gasteiger partial charge in [-0.2, -0.15) is 0 Å². The Morgan fingerprint density at radius 1 is 0.284 bits per heavy atom. The summed E-state index contributed by atoms with van der Waals surface area (Å²) in [6, 6.07) is 0. The molecule has 0 N–H and O–H groups in total. The smallest absolute Gasteiger partial charge is 0.306 e. The lowest BCUT2D eigenvalue weighted by Crippen LogP contribution is -2.30. The van der Waals surface area contributed by atoms with Gasteiger partial charge in [0, 0.05) is 19.3 Å². The van der Waals surface area contributed by atoms with Crippen molar-refractivity contribution in [1.29, 1.82) is 0 Å². The molecule has 0 bridgehead atoms. The highest BCUT2D eigenvalue weighted by Gasteiger charge is 2.19. The third-order valence-electron chi connectivity index (χ3n) is 12.4. The molecule has 0 spiro atoms. The van der Waals surface area contributed by atoms with Crippen molar-refractivity contribution >= 4 is 17.9 Å². The third kappa shape index (κ3) is 58.4. The predicted octanol–water partition coefficient (Wildman–Crippen LogP) is 20.6. The molecule has 1 atom stereocenters. The van der Waals surface area contributed by atoms with Crippen molar-refractivity contribution in [1.82, 2.24) is 0 Å². The van der Waals surface area contributed by atoms with E-state index in [-0.39, 0.29) is 37.5 Å². The first-order chi connectivity index (χ1) is 36.5. The minimum absolute atomic E-state index is 0.0989. The number of esters is 3. The second kappa shape index (κ2) is 61.1. The van der Waals surface area contributed by atoms with Crippen molar-refractivity contribution in [2.75, 3.05) is 13.2 Å². The SMILES string of the molecule is CC/C=C\C/C=C\C/C=C\C/C=C\C/C=C\C/C=C\C/C=C\CCCCCCCCCCCC(=O)OCC(COC(=O)CCCCCCC/C=C\CCCCC)OC(=O)CCCCC/C=C\C/C=C\C/C=C\CC. The van der Waals surface area contributed by atoms with Crippen LogP contribution >= 0.6 is 0 Å². The second-order valence-corrected chi connectivity index (χ2v) is 19.5. The zero-order valence-electron chi connectivity index (χ0n) is 47.8. The zero-order chi connectivity index (χ0) is 53.6. The topological polar surface area (TPSA) is 78.9 Å². The number of carbonyl (C=O) groups excluding carboxylic acids is 3. The normalized spacial score (nSPS) is 13.1. The van der Waals surface area contributed by atoms with E-state index in [0.29, 0.717) is 12.8 Å².